The highest BCUT2D eigenvalue weighted by Crippen LogP contribution is 2.32. The second-order valence-electron chi connectivity index (χ2n) is 2.55. The molecule has 2 N–H and O–H groups in total. The summed E-state index contributed by atoms with van der Waals surface area (Å²) < 4.78 is 0. The SMILES string of the molecule is CC(N)=N[C@@H]1C[C@@H]1C. The van der Waals surface area contributed by atoms with Crippen LogP contribution in [0.1, 0.15) is 20.3 Å². The quantitative estimate of drug-likeness (QED) is 0.395. The standard InChI is InChI=1S/C6H12N2/c1-4-3-6(4)8-5(2)7/h4,6H,3H2,1-2H3,(H2,7,8)/t4-,6+/m0/s1. The van der Waals surface area contributed by atoms with Crippen molar-refractivity contribution < 1.29 is 0 Å². The van der Waals surface area contributed by atoms with Gasteiger partial charge in [-0.25, -0.2) is 0 Å². The Labute approximate surface area is 49.8 Å². The van der Waals surface area contributed by atoms with E-state index in [1.54, 1.807) is 0 Å². The third-order valence-electron chi connectivity index (χ3n) is 1.44. The molecule has 1 rings (SSSR count). The minimum absolute atomic E-state index is 0.556. The number of nitrogens with zero attached hydrogens (tertiary/aromatic N) is 1. The first-order valence-corrected chi connectivity index (χ1v) is 3.00. The monoisotopic (exact) mass is 112 g/mol. The van der Waals surface area contributed by atoms with Gasteiger partial charge in [0, 0.05) is 0 Å². The van der Waals surface area contributed by atoms with Crippen LogP contribution in [-0.2, 0) is 0 Å². The maximum atomic E-state index is 5.35. The molecule has 1 saturated carbocycles. The van der Waals surface area contributed by atoms with Crippen molar-refractivity contribution >= 4 is 5.84 Å². The van der Waals surface area contributed by atoms with Crippen LogP contribution in [0.2, 0.25) is 0 Å². The van der Waals surface area contributed by atoms with Crippen molar-refractivity contribution in [2.45, 2.75) is 26.3 Å². The van der Waals surface area contributed by atoms with E-state index in [0.717, 1.165) is 11.8 Å². The number of aliphatic imine (C=N–C) groups is 1. The number of hydrogen-bond donors (Lipinski definition) is 1. The Bertz CT molecular complexity index is 114. The van der Waals surface area contributed by atoms with E-state index in [4.69, 9.17) is 5.73 Å². The Balaban J connectivity index is 2.32. The van der Waals surface area contributed by atoms with E-state index in [2.05, 4.69) is 11.9 Å². The van der Waals surface area contributed by atoms with Crippen LogP contribution in [0.5, 0.6) is 0 Å². The van der Waals surface area contributed by atoms with Crippen LogP contribution in [0, 0.1) is 5.92 Å². The van der Waals surface area contributed by atoms with Gasteiger partial charge in [0.15, 0.2) is 0 Å². The number of rotatable bonds is 1. The minimum Gasteiger partial charge on any atom is -0.388 e. The topological polar surface area (TPSA) is 38.4 Å². The third kappa shape index (κ3) is 1.22. The lowest BCUT2D eigenvalue weighted by molar-refractivity contribution is 0.893. The molecule has 0 heterocycles. The normalized spacial score (nSPS) is 37.5. The first-order chi connectivity index (χ1) is 3.70. The summed E-state index contributed by atoms with van der Waals surface area (Å²) in [6.07, 6.45) is 1.23. The molecule has 0 saturated heterocycles. The Hall–Kier alpha value is -0.530. The minimum atomic E-state index is 0.556. The first kappa shape index (κ1) is 5.60. The molecule has 1 aliphatic carbocycles. The van der Waals surface area contributed by atoms with Crippen molar-refractivity contribution in [2.24, 2.45) is 16.6 Å². The zero-order valence-electron chi connectivity index (χ0n) is 5.39. The first-order valence-electron chi connectivity index (χ1n) is 3.00. The summed E-state index contributed by atoms with van der Waals surface area (Å²) in [7, 11) is 0. The average Bonchev–Trinajstić information content (AvgIpc) is 2.17. The Morgan fingerprint density at radius 3 is 2.38 bits per heavy atom. The van der Waals surface area contributed by atoms with E-state index in [0.29, 0.717) is 6.04 Å². The number of hydrogen-bond acceptors (Lipinski definition) is 1. The smallest absolute Gasteiger partial charge is 0.0909 e. The molecule has 0 aromatic carbocycles. The van der Waals surface area contributed by atoms with Crippen molar-refractivity contribution in [3.8, 4) is 0 Å². The van der Waals surface area contributed by atoms with E-state index in [1.807, 2.05) is 6.92 Å². The zero-order chi connectivity index (χ0) is 6.15. The van der Waals surface area contributed by atoms with E-state index >= 15 is 0 Å². The van der Waals surface area contributed by atoms with Gasteiger partial charge in [-0.05, 0) is 19.3 Å². The second-order valence-corrected chi connectivity index (χ2v) is 2.55. The van der Waals surface area contributed by atoms with Gasteiger partial charge < -0.3 is 5.73 Å². The van der Waals surface area contributed by atoms with Gasteiger partial charge in [-0.3, -0.25) is 4.99 Å². The van der Waals surface area contributed by atoms with Gasteiger partial charge in [0.2, 0.25) is 0 Å². The van der Waals surface area contributed by atoms with Gasteiger partial charge in [0.25, 0.3) is 0 Å². The lowest BCUT2D eigenvalue weighted by Crippen LogP contribution is -2.06. The van der Waals surface area contributed by atoms with Gasteiger partial charge in [-0.1, -0.05) is 6.92 Å². The predicted molar refractivity (Wildman–Crippen MR) is 34.9 cm³/mol. The van der Waals surface area contributed by atoms with Crippen molar-refractivity contribution in [2.75, 3.05) is 0 Å². The van der Waals surface area contributed by atoms with Crippen LogP contribution in [0.15, 0.2) is 4.99 Å². The van der Waals surface area contributed by atoms with Crippen molar-refractivity contribution in [3.63, 3.8) is 0 Å². The molecule has 2 heteroatoms. The van der Waals surface area contributed by atoms with Gasteiger partial charge in [0.05, 0.1) is 11.9 Å². The van der Waals surface area contributed by atoms with Crippen molar-refractivity contribution in [1.29, 1.82) is 0 Å². The molecule has 2 nitrogen and oxygen atoms in total. The van der Waals surface area contributed by atoms with E-state index in [-0.39, 0.29) is 0 Å². The Morgan fingerprint density at radius 1 is 1.75 bits per heavy atom. The molecule has 0 unspecified atom stereocenters. The lowest BCUT2D eigenvalue weighted by Gasteiger charge is -1.86. The summed E-state index contributed by atoms with van der Waals surface area (Å²) in [4.78, 5) is 4.16. The second kappa shape index (κ2) is 1.77. The number of nitrogens with two attached hydrogens (primary N) is 1. The highest BCUT2D eigenvalue weighted by Gasteiger charge is 2.31. The summed E-state index contributed by atoms with van der Waals surface area (Å²) in [6.45, 7) is 4.03. The van der Waals surface area contributed by atoms with Crippen LogP contribution in [-0.4, -0.2) is 11.9 Å². The molecule has 2 atom stereocenters. The molecule has 46 valence electrons. The Morgan fingerprint density at radius 2 is 2.25 bits per heavy atom. The zero-order valence-corrected chi connectivity index (χ0v) is 5.39. The molecule has 0 aromatic rings. The maximum absolute atomic E-state index is 5.35. The van der Waals surface area contributed by atoms with Crippen molar-refractivity contribution in [1.82, 2.24) is 0 Å². The van der Waals surface area contributed by atoms with Crippen LogP contribution >= 0.6 is 0 Å². The highest BCUT2D eigenvalue weighted by atomic mass is 14.9. The van der Waals surface area contributed by atoms with Gasteiger partial charge in [0.1, 0.15) is 0 Å². The van der Waals surface area contributed by atoms with Crippen LogP contribution < -0.4 is 5.73 Å². The maximum Gasteiger partial charge on any atom is 0.0909 e. The molecule has 0 amide bonds. The fourth-order valence-corrected chi connectivity index (χ4v) is 0.744. The van der Waals surface area contributed by atoms with Crippen LogP contribution in [0.4, 0.5) is 0 Å². The van der Waals surface area contributed by atoms with Gasteiger partial charge in [-0.15, -0.1) is 0 Å². The summed E-state index contributed by atoms with van der Waals surface area (Å²) >= 11 is 0. The lowest BCUT2D eigenvalue weighted by atomic mass is 10.5. The van der Waals surface area contributed by atoms with Crippen LogP contribution in [0.3, 0.4) is 0 Å². The molecule has 0 aliphatic heterocycles. The molecule has 0 radical (unpaired) electrons. The molecular formula is C6H12N2. The molecular weight excluding hydrogens is 100 g/mol. The summed E-state index contributed by atoms with van der Waals surface area (Å²) in [5.41, 5.74) is 5.35. The molecule has 0 spiro atoms. The van der Waals surface area contributed by atoms with Crippen LogP contribution in [0.25, 0.3) is 0 Å². The largest absolute Gasteiger partial charge is 0.388 e. The van der Waals surface area contributed by atoms with E-state index in [9.17, 15) is 0 Å². The highest BCUT2D eigenvalue weighted by molar-refractivity contribution is 5.77. The summed E-state index contributed by atoms with van der Waals surface area (Å²) in [5, 5.41) is 0. The van der Waals surface area contributed by atoms with Gasteiger partial charge >= 0.3 is 0 Å². The predicted octanol–water partition coefficient (Wildman–Crippen LogP) is 0.772. The third-order valence-corrected chi connectivity index (χ3v) is 1.44. The Kier molecular flexibility index (Phi) is 1.24. The fraction of sp³-hybridized carbons (Fsp3) is 0.833. The fourth-order valence-electron chi connectivity index (χ4n) is 0.744. The molecule has 0 aromatic heterocycles. The van der Waals surface area contributed by atoms with Crippen molar-refractivity contribution in [3.05, 3.63) is 0 Å². The summed E-state index contributed by atoms with van der Waals surface area (Å²) in [5.74, 6) is 1.51. The molecule has 1 fully saturated rings. The summed E-state index contributed by atoms with van der Waals surface area (Å²) in [6, 6.07) is 0.556. The van der Waals surface area contributed by atoms with E-state index in [1.165, 1.54) is 6.42 Å². The molecule has 1 aliphatic rings. The average molecular weight is 112 g/mol. The molecule has 8 heavy (non-hydrogen) atoms. The van der Waals surface area contributed by atoms with Gasteiger partial charge in [-0.2, -0.15) is 0 Å². The molecule has 0 bridgehead atoms. The number of amidine groups is 1. The van der Waals surface area contributed by atoms with E-state index < -0.39 is 0 Å².